The molecule has 1 heterocycles. The Balaban J connectivity index is 1.45. The lowest BCUT2D eigenvalue weighted by atomic mass is 10.2. The molecule has 8 nitrogen and oxygen atoms in total. The maximum absolute atomic E-state index is 11.9. The normalized spacial score (nSPS) is 11.1. The number of amides is 1. The van der Waals surface area contributed by atoms with Crippen molar-refractivity contribution in [3.05, 3.63) is 59.0 Å². The Morgan fingerprint density at radius 1 is 1.26 bits per heavy atom. The van der Waals surface area contributed by atoms with Crippen LogP contribution in [-0.4, -0.2) is 33.2 Å². The summed E-state index contributed by atoms with van der Waals surface area (Å²) in [7, 11) is 0. The molecule has 0 atom stereocenters. The molecule has 0 saturated heterocycles. The number of ether oxygens (including phenoxy) is 1. The Labute approximate surface area is 218 Å². The maximum atomic E-state index is 11.9. The summed E-state index contributed by atoms with van der Waals surface area (Å²) in [6, 6.07) is 8.37. The molecule has 0 spiro atoms. The van der Waals surface area contributed by atoms with Crippen molar-refractivity contribution in [1.29, 1.82) is 0 Å². The second kappa shape index (κ2) is 11.5. The van der Waals surface area contributed by atoms with Gasteiger partial charge in [0.25, 0.3) is 17.0 Å². The van der Waals surface area contributed by atoms with E-state index in [2.05, 4.69) is 20.7 Å². The number of hydrogen-bond donors (Lipinski definition) is 2. The standard InChI is InChI=1S/C18H12Cl2I2N4O4S/c19-10-1-2-14(11(20)5-10)29-7-16-25-26-18(30-16)31-8-15(27)24-23-6-9-3-12(21)17(28)13(22)4-9/h1-6,28H,7-8H2,(H,24,27)/b23-6-. The van der Waals surface area contributed by atoms with Gasteiger partial charge in [0.05, 0.1) is 24.1 Å². The minimum Gasteiger partial charge on any atom is -0.506 e. The first-order valence-corrected chi connectivity index (χ1v) is 12.2. The lowest BCUT2D eigenvalue weighted by molar-refractivity contribution is -0.118. The van der Waals surface area contributed by atoms with E-state index in [-0.39, 0.29) is 35.1 Å². The van der Waals surface area contributed by atoms with Crippen LogP contribution in [0.3, 0.4) is 0 Å². The number of halogens is 4. The average molecular weight is 705 g/mol. The van der Waals surface area contributed by atoms with Gasteiger partial charge < -0.3 is 14.3 Å². The van der Waals surface area contributed by atoms with E-state index in [9.17, 15) is 9.90 Å². The number of phenols is 1. The van der Waals surface area contributed by atoms with Crippen molar-refractivity contribution in [2.45, 2.75) is 11.8 Å². The number of aromatic hydroxyl groups is 1. The second-order valence-electron chi connectivity index (χ2n) is 5.74. The molecule has 0 radical (unpaired) electrons. The van der Waals surface area contributed by atoms with Crippen molar-refractivity contribution < 1.29 is 19.1 Å². The van der Waals surface area contributed by atoms with Crippen LogP contribution < -0.4 is 10.2 Å². The summed E-state index contributed by atoms with van der Waals surface area (Å²) in [6.07, 6.45) is 1.50. The molecule has 13 heteroatoms. The number of rotatable bonds is 8. The molecule has 1 aromatic heterocycles. The zero-order valence-corrected chi connectivity index (χ0v) is 22.0. The van der Waals surface area contributed by atoms with Gasteiger partial charge in [0, 0.05) is 5.02 Å². The van der Waals surface area contributed by atoms with E-state index in [1.807, 2.05) is 45.2 Å². The molecule has 0 unspecified atom stereocenters. The Bertz CT molecular complexity index is 1110. The second-order valence-corrected chi connectivity index (χ2v) is 9.83. The van der Waals surface area contributed by atoms with Crippen LogP contribution in [0.15, 0.2) is 45.1 Å². The van der Waals surface area contributed by atoms with Crippen molar-refractivity contribution in [3.63, 3.8) is 0 Å². The summed E-state index contributed by atoms with van der Waals surface area (Å²) in [4.78, 5) is 11.9. The predicted octanol–water partition coefficient (Wildman–Crippen LogP) is 5.11. The zero-order chi connectivity index (χ0) is 22.4. The minimum absolute atomic E-state index is 0.0234. The highest BCUT2D eigenvalue weighted by atomic mass is 127. The predicted molar refractivity (Wildman–Crippen MR) is 135 cm³/mol. The fraction of sp³-hybridized carbons (Fsp3) is 0.111. The lowest BCUT2D eigenvalue weighted by Crippen LogP contribution is -2.19. The number of hydrogen-bond acceptors (Lipinski definition) is 8. The SMILES string of the molecule is O=C(CSc1nnc(COc2ccc(Cl)cc2Cl)o1)N/N=C\c1cc(I)c(O)c(I)c1. The quantitative estimate of drug-likeness (QED) is 0.145. The number of phenolic OH excluding ortho intramolecular Hbond substituents is 1. The van der Waals surface area contributed by atoms with Crippen molar-refractivity contribution in [2.24, 2.45) is 5.10 Å². The molecule has 1 amide bonds. The van der Waals surface area contributed by atoms with Gasteiger partial charge in [-0.15, -0.1) is 10.2 Å². The summed E-state index contributed by atoms with van der Waals surface area (Å²) < 4.78 is 12.4. The first-order chi connectivity index (χ1) is 14.8. The van der Waals surface area contributed by atoms with Crippen molar-refractivity contribution in [3.8, 4) is 11.5 Å². The molecule has 0 saturated carbocycles. The molecule has 3 rings (SSSR count). The fourth-order valence-corrected chi connectivity index (χ4v) is 4.94. The average Bonchev–Trinajstić information content (AvgIpc) is 3.17. The van der Waals surface area contributed by atoms with Crippen LogP contribution in [0.25, 0.3) is 0 Å². The molecule has 2 N–H and O–H groups in total. The Morgan fingerprint density at radius 2 is 2.00 bits per heavy atom. The van der Waals surface area contributed by atoms with Gasteiger partial charge in [0.1, 0.15) is 11.5 Å². The van der Waals surface area contributed by atoms with E-state index >= 15 is 0 Å². The molecular weight excluding hydrogens is 693 g/mol. The molecule has 0 fully saturated rings. The zero-order valence-electron chi connectivity index (χ0n) is 15.3. The summed E-state index contributed by atoms with van der Waals surface area (Å²) in [5.41, 5.74) is 3.17. The first kappa shape index (κ1) is 24.4. The number of thioether (sulfide) groups is 1. The molecule has 31 heavy (non-hydrogen) atoms. The number of hydrazone groups is 1. The van der Waals surface area contributed by atoms with Crippen LogP contribution in [0.4, 0.5) is 0 Å². The highest BCUT2D eigenvalue weighted by Gasteiger charge is 2.11. The van der Waals surface area contributed by atoms with Crippen LogP contribution in [0.1, 0.15) is 11.5 Å². The van der Waals surface area contributed by atoms with Gasteiger partial charge >= 0.3 is 0 Å². The van der Waals surface area contributed by atoms with Crippen molar-refractivity contribution in [1.82, 2.24) is 15.6 Å². The molecular formula is C18H12Cl2I2N4O4S. The van der Waals surface area contributed by atoms with Crippen LogP contribution >= 0.6 is 80.1 Å². The largest absolute Gasteiger partial charge is 0.506 e. The summed E-state index contributed by atoms with van der Waals surface area (Å²) in [5.74, 6) is 0.595. The third kappa shape index (κ3) is 7.37. The van der Waals surface area contributed by atoms with Gasteiger partial charge in [0.2, 0.25) is 0 Å². The van der Waals surface area contributed by atoms with Crippen LogP contribution in [-0.2, 0) is 11.4 Å². The molecule has 0 aliphatic heterocycles. The Hall–Kier alpha value is -1.29. The van der Waals surface area contributed by atoms with E-state index in [0.29, 0.717) is 22.9 Å². The summed E-state index contributed by atoms with van der Waals surface area (Å²) in [5, 5.41) is 22.5. The van der Waals surface area contributed by atoms with E-state index < -0.39 is 0 Å². The number of nitrogens with one attached hydrogen (secondary N) is 1. The van der Waals surface area contributed by atoms with E-state index in [0.717, 1.165) is 17.3 Å². The van der Waals surface area contributed by atoms with Gasteiger partial charge in [-0.3, -0.25) is 4.79 Å². The molecule has 3 aromatic rings. The van der Waals surface area contributed by atoms with Crippen molar-refractivity contribution >= 4 is 92.3 Å². The molecule has 0 aliphatic carbocycles. The third-order valence-electron chi connectivity index (χ3n) is 3.46. The monoisotopic (exact) mass is 704 g/mol. The number of aromatic nitrogens is 2. The third-order valence-corrected chi connectivity index (χ3v) is 6.46. The number of carbonyl (C=O) groups excluding carboxylic acids is 1. The fourth-order valence-electron chi connectivity index (χ4n) is 2.08. The lowest BCUT2D eigenvalue weighted by Gasteiger charge is -2.05. The van der Waals surface area contributed by atoms with Gasteiger partial charge in [-0.05, 0) is 81.1 Å². The Kier molecular flexibility index (Phi) is 9.06. The number of carbonyl (C=O) groups is 1. The highest BCUT2D eigenvalue weighted by Crippen LogP contribution is 2.28. The number of benzene rings is 2. The van der Waals surface area contributed by atoms with E-state index in [1.54, 1.807) is 30.3 Å². The van der Waals surface area contributed by atoms with E-state index in [4.69, 9.17) is 32.4 Å². The van der Waals surface area contributed by atoms with Gasteiger partial charge in [-0.1, -0.05) is 35.0 Å². The smallest absolute Gasteiger partial charge is 0.277 e. The highest BCUT2D eigenvalue weighted by molar-refractivity contribution is 14.1. The molecule has 0 bridgehead atoms. The van der Waals surface area contributed by atoms with Gasteiger partial charge in [0.15, 0.2) is 6.61 Å². The maximum Gasteiger partial charge on any atom is 0.277 e. The molecule has 2 aromatic carbocycles. The summed E-state index contributed by atoms with van der Waals surface area (Å²) in [6.45, 7) is 0.0234. The van der Waals surface area contributed by atoms with Crippen LogP contribution in [0.2, 0.25) is 10.0 Å². The summed E-state index contributed by atoms with van der Waals surface area (Å²) >= 11 is 17.0. The van der Waals surface area contributed by atoms with Gasteiger partial charge in [-0.25, -0.2) is 5.43 Å². The minimum atomic E-state index is -0.339. The molecule has 0 aliphatic rings. The van der Waals surface area contributed by atoms with Crippen LogP contribution in [0.5, 0.6) is 11.5 Å². The Morgan fingerprint density at radius 3 is 2.71 bits per heavy atom. The first-order valence-electron chi connectivity index (χ1n) is 8.35. The van der Waals surface area contributed by atoms with Crippen LogP contribution in [0, 0.1) is 7.14 Å². The molecule has 162 valence electrons. The van der Waals surface area contributed by atoms with Gasteiger partial charge in [-0.2, -0.15) is 5.10 Å². The number of nitrogens with zero attached hydrogens (tertiary/aromatic N) is 3. The van der Waals surface area contributed by atoms with Crippen molar-refractivity contribution in [2.75, 3.05) is 5.75 Å². The van der Waals surface area contributed by atoms with E-state index in [1.165, 1.54) is 6.21 Å². The topological polar surface area (TPSA) is 110 Å².